The molecule has 0 spiro atoms. The standard InChI is InChI=1S/C13H11F3N2O3S/c1-8-11(6-7-21-18(19)20)22-12(17-8)9-4-2-3-5-10(9)13(14,15)16/h2-5H,6-7H2,1H3. The van der Waals surface area contributed by atoms with Gasteiger partial charge in [-0.05, 0) is 13.0 Å². The molecular formula is C13H11F3N2O3S. The van der Waals surface area contributed by atoms with Crippen molar-refractivity contribution in [2.45, 2.75) is 19.5 Å². The van der Waals surface area contributed by atoms with Crippen LogP contribution < -0.4 is 0 Å². The molecule has 0 N–H and O–H groups in total. The van der Waals surface area contributed by atoms with Crippen molar-refractivity contribution >= 4 is 11.3 Å². The summed E-state index contributed by atoms with van der Waals surface area (Å²) in [5.41, 5.74) is -0.203. The van der Waals surface area contributed by atoms with Crippen molar-refractivity contribution in [1.29, 1.82) is 0 Å². The Morgan fingerprint density at radius 3 is 2.68 bits per heavy atom. The SMILES string of the molecule is Cc1nc(-c2ccccc2C(F)(F)F)sc1CCO[N+](=O)[O-]. The van der Waals surface area contributed by atoms with Crippen LogP contribution in [-0.4, -0.2) is 16.7 Å². The lowest BCUT2D eigenvalue weighted by molar-refractivity contribution is -0.757. The Labute approximate surface area is 127 Å². The summed E-state index contributed by atoms with van der Waals surface area (Å²) in [6.45, 7) is 1.49. The van der Waals surface area contributed by atoms with Crippen LogP contribution in [-0.2, 0) is 17.4 Å². The molecule has 0 amide bonds. The van der Waals surface area contributed by atoms with Gasteiger partial charge in [0.05, 0.1) is 11.3 Å². The topological polar surface area (TPSA) is 65.3 Å². The smallest absolute Gasteiger partial charge is 0.314 e. The Bertz CT molecular complexity index is 685. The zero-order valence-electron chi connectivity index (χ0n) is 11.4. The van der Waals surface area contributed by atoms with E-state index in [0.717, 1.165) is 17.4 Å². The summed E-state index contributed by atoms with van der Waals surface area (Å²) < 4.78 is 39.0. The lowest BCUT2D eigenvalue weighted by Gasteiger charge is -2.10. The van der Waals surface area contributed by atoms with Crippen LogP contribution in [0.15, 0.2) is 24.3 Å². The first-order valence-corrected chi connectivity index (χ1v) is 7.01. The van der Waals surface area contributed by atoms with Crippen LogP contribution in [0, 0.1) is 17.0 Å². The number of aromatic nitrogens is 1. The molecule has 0 aliphatic carbocycles. The van der Waals surface area contributed by atoms with E-state index in [9.17, 15) is 23.3 Å². The van der Waals surface area contributed by atoms with E-state index in [1.54, 1.807) is 6.92 Å². The van der Waals surface area contributed by atoms with E-state index < -0.39 is 16.8 Å². The molecule has 2 aromatic rings. The second-order valence-electron chi connectivity index (χ2n) is 4.38. The third-order valence-corrected chi connectivity index (χ3v) is 4.13. The molecule has 1 aromatic carbocycles. The first-order valence-electron chi connectivity index (χ1n) is 6.19. The predicted octanol–water partition coefficient (Wildman–Crippen LogP) is 3.89. The average Bonchev–Trinajstić information content (AvgIpc) is 2.79. The zero-order chi connectivity index (χ0) is 16.3. The van der Waals surface area contributed by atoms with Gasteiger partial charge in [0.1, 0.15) is 11.6 Å². The highest BCUT2D eigenvalue weighted by Gasteiger charge is 2.34. The average molecular weight is 332 g/mol. The van der Waals surface area contributed by atoms with Gasteiger partial charge in [0.2, 0.25) is 0 Å². The van der Waals surface area contributed by atoms with Gasteiger partial charge in [-0.2, -0.15) is 13.2 Å². The maximum absolute atomic E-state index is 13.0. The van der Waals surface area contributed by atoms with Crippen LogP contribution in [0.3, 0.4) is 0 Å². The van der Waals surface area contributed by atoms with E-state index in [2.05, 4.69) is 9.82 Å². The molecule has 0 atom stereocenters. The highest BCUT2D eigenvalue weighted by atomic mass is 32.1. The number of nitrogens with zero attached hydrogens (tertiary/aromatic N) is 2. The fraction of sp³-hybridized carbons (Fsp3) is 0.308. The molecule has 0 aliphatic heterocycles. The van der Waals surface area contributed by atoms with Crippen LogP contribution >= 0.6 is 11.3 Å². The number of halogens is 3. The van der Waals surface area contributed by atoms with E-state index in [0.29, 0.717) is 10.6 Å². The van der Waals surface area contributed by atoms with Crippen molar-refractivity contribution in [3.8, 4) is 10.6 Å². The van der Waals surface area contributed by atoms with Gasteiger partial charge < -0.3 is 4.84 Å². The first-order chi connectivity index (χ1) is 10.3. The Morgan fingerprint density at radius 2 is 2.05 bits per heavy atom. The second kappa shape index (κ2) is 6.30. The molecule has 22 heavy (non-hydrogen) atoms. The van der Waals surface area contributed by atoms with Gasteiger partial charge in [-0.15, -0.1) is 21.5 Å². The molecule has 2 rings (SSSR count). The van der Waals surface area contributed by atoms with Crippen LogP contribution in [0.5, 0.6) is 0 Å². The van der Waals surface area contributed by atoms with Gasteiger partial charge in [0.25, 0.3) is 5.09 Å². The molecule has 0 saturated carbocycles. The van der Waals surface area contributed by atoms with Gasteiger partial charge in [-0.3, -0.25) is 0 Å². The van der Waals surface area contributed by atoms with Crippen molar-refractivity contribution in [2.75, 3.05) is 6.61 Å². The highest BCUT2D eigenvalue weighted by molar-refractivity contribution is 7.15. The minimum absolute atomic E-state index is 0.00421. The molecule has 0 unspecified atom stereocenters. The maximum Gasteiger partial charge on any atom is 0.417 e. The number of hydrogen-bond acceptors (Lipinski definition) is 5. The van der Waals surface area contributed by atoms with Crippen molar-refractivity contribution in [1.82, 2.24) is 4.98 Å². The van der Waals surface area contributed by atoms with E-state index >= 15 is 0 Å². The van der Waals surface area contributed by atoms with Crippen LogP contribution in [0.2, 0.25) is 0 Å². The van der Waals surface area contributed by atoms with Crippen LogP contribution in [0.25, 0.3) is 10.6 Å². The second-order valence-corrected chi connectivity index (χ2v) is 5.46. The summed E-state index contributed by atoms with van der Waals surface area (Å²) >= 11 is 1.08. The molecule has 0 saturated heterocycles. The number of alkyl halides is 3. The molecule has 0 fully saturated rings. The van der Waals surface area contributed by atoms with Crippen molar-refractivity contribution in [2.24, 2.45) is 0 Å². The lowest BCUT2D eigenvalue weighted by atomic mass is 10.1. The molecule has 118 valence electrons. The van der Waals surface area contributed by atoms with E-state index in [-0.39, 0.29) is 23.6 Å². The maximum atomic E-state index is 13.0. The summed E-state index contributed by atoms with van der Waals surface area (Å²) in [7, 11) is 0. The van der Waals surface area contributed by atoms with Gasteiger partial charge in [0.15, 0.2) is 0 Å². The van der Waals surface area contributed by atoms with Gasteiger partial charge >= 0.3 is 6.18 Å². The molecule has 9 heteroatoms. The number of aryl methyl sites for hydroxylation is 1. The quantitative estimate of drug-likeness (QED) is 0.615. The van der Waals surface area contributed by atoms with E-state index in [1.807, 2.05) is 0 Å². The molecule has 0 aliphatic rings. The van der Waals surface area contributed by atoms with Crippen LogP contribution in [0.1, 0.15) is 16.1 Å². The van der Waals surface area contributed by atoms with E-state index in [4.69, 9.17) is 0 Å². The number of rotatable bonds is 5. The largest absolute Gasteiger partial charge is 0.417 e. The van der Waals surface area contributed by atoms with Crippen molar-refractivity contribution in [3.63, 3.8) is 0 Å². The van der Waals surface area contributed by atoms with Gasteiger partial charge in [-0.25, -0.2) is 4.98 Å². The lowest BCUT2D eigenvalue weighted by Crippen LogP contribution is -2.06. The zero-order valence-corrected chi connectivity index (χ0v) is 12.2. The van der Waals surface area contributed by atoms with Gasteiger partial charge in [-0.1, -0.05) is 18.2 Å². The Morgan fingerprint density at radius 1 is 1.36 bits per heavy atom. The summed E-state index contributed by atoms with van der Waals surface area (Å²) in [5.74, 6) is 0. The number of hydrogen-bond donors (Lipinski definition) is 0. The predicted molar refractivity (Wildman–Crippen MR) is 73.9 cm³/mol. The molecule has 1 heterocycles. The van der Waals surface area contributed by atoms with Gasteiger partial charge in [0, 0.05) is 16.9 Å². The minimum atomic E-state index is -4.47. The van der Waals surface area contributed by atoms with Crippen molar-refractivity contribution in [3.05, 3.63) is 50.5 Å². The van der Waals surface area contributed by atoms with E-state index in [1.165, 1.54) is 18.2 Å². The normalized spacial score (nSPS) is 11.5. The fourth-order valence-corrected chi connectivity index (χ4v) is 2.99. The fourth-order valence-electron chi connectivity index (χ4n) is 1.90. The third-order valence-electron chi connectivity index (χ3n) is 2.88. The third kappa shape index (κ3) is 3.73. The summed E-state index contributed by atoms with van der Waals surface area (Å²) in [5, 5.41) is 9.43. The molecule has 0 radical (unpaired) electrons. The molecule has 5 nitrogen and oxygen atoms in total. The number of benzene rings is 1. The Hall–Kier alpha value is -2.16. The summed E-state index contributed by atoms with van der Waals surface area (Å²) in [4.78, 5) is 19.1. The van der Waals surface area contributed by atoms with Crippen LogP contribution in [0.4, 0.5) is 13.2 Å². The minimum Gasteiger partial charge on any atom is -0.314 e. The monoisotopic (exact) mass is 332 g/mol. The Kier molecular flexibility index (Phi) is 4.65. The molecule has 1 aromatic heterocycles. The molecule has 0 bridgehead atoms. The Balaban J connectivity index is 2.30. The summed E-state index contributed by atoms with van der Waals surface area (Å²) in [6, 6.07) is 5.19. The summed E-state index contributed by atoms with van der Waals surface area (Å²) in [6.07, 6.45) is -4.25. The molecular weight excluding hydrogens is 321 g/mol. The number of thiazole rings is 1. The highest BCUT2D eigenvalue weighted by Crippen LogP contribution is 2.38. The van der Waals surface area contributed by atoms with Crippen molar-refractivity contribution < 1.29 is 23.1 Å². The first kappa shape index (κ1) is 16.2.